The minimum absolute atomic E-state index is 0.0620. The number of amides is 1. The number of Topliss-reactive ketones (excluding diaryl/α,β-unsaturated/α-hetero) is 1. The topological polar surface area (TPSA) is 72.9 Å². The molecule has 0 aromatic heterocycles. The minimum Gasteiger partial charge on any atom is -0.469 e. The Labute approximate surface area is 161 Å². The van der Waals surface area contributed by atoms with Crippen molar-refractivity contribution in [1.29, 1.82) is 0 Å². The molecule has 0 N–H and O–H groups in total. The zero-order chi connectivity index (χ0) is 20.2. The lowest BCUT2D eigenvalue weighted by Gasteiger charge is -2.25. The van der Waals surface area contributed by atoms with Gasteiger partial charge in [0.1, 0.15) is 0 Å². The van der Waals surface area contributed by atoms with Gasteiger partial charge >= 0.3 is 5.97 Å². The summed E-state index contributed by atoms with van der Waals surface area (Å²) in [5, 5.41) is 0. The average molecular weight is 377 g/mol. The lowest BCUT2D eigenvalue weighted by molar-refractivity contribution is -0.146. The largest absolute Gasteiger partial charge is 0.469 e. The molecule has 1 aromatic carbocycles. The van der Waals surface area contributed by atoms with E-state index >= 15 is 0 Å². The molecule has 0 spiro atoms. The highest BCUT2D eigenvalue weighted by Crippen LogP contribution is 2.10. The summed E-state index contributed by atoms with van der Waals surface area (Å²) in [4.78, 5) is 38.2. The molecule has 0 aliphatic rings. The van der Waals surface area contributed by atoms with E-state index in [0.717, 1.165) is 0 Å². The molecule has 6 nitrogen and oxygen atoms in total. The molecule has 0 saturated carbocycles. The first-order chi connectivity index (χ1) is 12.8. The number of rotatable bonds is 12. The van der Waals surface area contributed by atoms with E-state index in [4.69, 9.17) is 9.47 Å². The number of benzene rings is 1. The fourth-order valence-electron chi connectivity index (χ4n) is 2.65. The molecule has 150 valence electrons. The third kappa shape index (κ3) is 8.82. The number of ketones is 1. The maximum atomic E-state index is 12.6. The number of methoxy groups -OCH3 is 1. The average Bonchev–Trinajstić information content (AvgIpc) is 2.67. The first-order valence-corrected chi connectivity index (χ1v) is 9.40. The van der Waals surface area contributed by atoms with Crippen LogP contribution in [0, 0.1) is 5.92 Å². The number of carbonyl (C=O) groups excluding carboxylic acids is 3. The number of esters is 1. The Kier molecular flexibility index (Phi) is 10.3. The van der Waals surface area contributed by atoms with Crippen LogP contribution in [-0.4, -0.2) is 55.5 Å². The standard InChI is InChI=1S/C21H31NO5/c1-16(2)27-14-8-13-22(15-17(3)21(25)26-4)20(24)12-11-19(23)18-9-6-5-7-10-18/h5-7,9-10,16-17H,8,11-15H2,1-4H3. The third-order valence-corrected chi connectivity index (χ3v) is 4.14. The van der Waals surface area contributed by atoms with Crippen molar-refractivity contribution < 1.29 is 23.9 Å². The van der Waals surface area contributed by atoms with Gasteiger partial charge < -0.3 is 14.4 Å². The van der Waals surface area contributed by atoms with E-state index in [-0.39, 0.29) is 43.2 Å². The summed E-state index contributed by atoms with van der Waals surface area (Å²) < 4.78 is 10.3. The Morgan fingerprint density at radius 1 is 1.04 bits per heavy atom. The number of hydrogen-bond acceptors (Lipinski definition) is 5. The molecule has 0 aliphatic heterocycles. The summed E-state index contributed by atoms with van der Waals surface area (Å²) in [5.74, 6) is -0.978. The third-order valence-electron chi connectivity index (χ3n) is 4.14. The second kappa shape index (κ2) is 12.2. The minimum atomic E-state index is -0.421. The van der Waals surface area contributed by atoms with Gasteiger partial charge in [0, 0.05) is 38.1 Å². The SMILES string of the molecule is COC(=O)C(C)CN(CCCOC(C)C)C(=O)CCC(=O)c1ccccc1. The zero-order valence-corrected chi connectivity index (χ0v) is 16.8. The van der Waals surface area contributed by atoms with Crippen molar-refractivity contribution in [2.24, 2.45) is 5.92 Å². The number of carbonyl (C=O) groups is 3. The molecular weight excluding hydrogens is 346 g/mol. The van der Waals surface area contributed by atoms with E-state index in [2.05, 4.69) is 0 Å². The highest BCUT2D eigenvalue weighted by Gasteiger charge is 2.22. The maximum Gasteiger partial charge on any atom is 0.310 e. The van der Waals surface area contributed by atoms with Crippen LogP contribution in [-0.2, 0) is 19.1 Å². The Balaban J connectivity index is 2.61. The van der Waals surface area contributed by atoms with Gasteiger partial charge in [0.15, 0.2) is 5.78 Å². The normalized spacial score (nSPS) is 11.9. The summed E-state index contributed by atoms with van der Waals surface area (Å²) in [5.41, 5.74) is 0.602. The summed E-state index contributed by atoms with van der Waals surface area (Å²) in [6.45, 7) is 6.93. The van der Waals surface area contributed by atoms with Gasteiger partial charge in [-0.2, -0.15) is 0 Å². The first-order valence-electron chi connectivity index (χ1n) is 9.40. The molecular formula is C21H31NO5. The van der Waals surface area contributed by atoms with Crippen molar-refractivity contribution >= 4 is 17.7 Å². The van der Waals surface area contributed by atoms with Crippen LogP contribution in [0.3, 0.4) is 0 Å². The second-order valence-corrected chi connectivity index (χ2v) is 6.83. The highest BCUT2D eigenvalue weighted by atomic mass is 16.5. The van der Waals surface area contributed by atoms with E-state index in [1.165, 1.54) is 7.11 Å². The zero-order valence-electron chi connectivity index (χ0n) is 16.8. The predicted octanol–water partition coefficient (Wildman–Crippen LogP) is 3.10. The molecule has 0 fully saturated rings. The van der Waals surface area contributed by atoms with E-state index < -0.39 is 5.92 Å². The van der Waals surface area contributed by atoms with Crippen molar-refractivity contribution in [2.75, 3.05) is 26.8 Å². The van der Waals surface area contributed by atoms with E-state index in [0.29, 0.717) is 25.1 Å². The van der Waals surface area contributed by atoms with Gasteiger partial charge in [-0.15, -0.1) is 0 Å². The molecule has 1 aromatic rings. The van der Waals surface area contributed by atoms with Crippen LogP contribution in [0.5, 0.6) is 0 Å². The fraction of sp³-hybridized carbons (Fsp3) is 0.571. The molecule has 0 aliphatic carbocycles. The lowest BCUT2D eigenvalue weighted by Crippen LogP contribution is -2.38. The molecule has 1 unspecified atom stereocenters. The van der Waals surface area contributed by atoms with Crippen molar-refractivity contribution in [1.82, 2.24) is 4.90 Å². The quantitative estimate of drug-likeness (QED) is 0.318. The number of ether oxygens (including phenoxy) is 2. The Morgan fingerprint density at radius 3 is 2.30 bits per heavy atom. The smallest absolute Gasteiger partial charge is 0.310 e. The summed E-state index contributed by atoms with van der Waals surface area (Å²) >= 11 is 0. The fourth-order valence-corrected chi connectivity index (χ4v) is 2.65. The van der Waals surface area contributed by atoms with E-state index in [1.807, 2.05) is 19.9 Å². The first kappa shape index (κ1) is 22.8. The van der Waals surface area contributed by atoms with E-state index in [1.54, 1.807) is 36.1 Å². The van der Waals surface area contributed by atoms with Crippen LogP contribution in [0.2, 0.25) is 0 Å². The van der Waals surface area contributed by atoms with Crippen molar-refractivity contribution in [3.8, 4) is 0 Å². The lowest BCUT2D eigenvalue weighted by atomic mass is 10.1. The van der Waals surface area contributed by atoms with Crippen LogP contribution in [0.25, 0.3) is 0 Å². The van der Waals surface area contributed by atoms with Crippen LogP contribution >= 0.6 is 0 Å². The van der Waals surface area contributed by atoms with Gasteiger partial charge in [-0.1, -0.05) is 37.3 Å². The van der Waals surface area contributed by atoms with Crippen molar-refractivity contribution in [3.63, 3.8) is 0 Å². The molecule has 0 heterocycles. The number of hydrogen-bond donors (Lipinski definition) is 0. The maximum absolute atomic E-state index is 12.6. The summed E-state index contributed by atoms with van der Waals surface area (Å²) in [7, 11) is 1.33. The van der Waals surface area contributed by atoms with Gasteiger partial charge in [-0.05, 0) is 20.3 Å². The predicted molar refractivity (Wildman–Crippen MR) is 103 cm³/mol. The van der Waals surface area contributed by atoms with E-state index in [9.17, 15) is 14.4 Å². The summed E-state index contributed by atoms with van der Waals surface area (Å²) in [6.07, 6.45) is 1.07. The van der Waals surface area contributed by atoms with Crippen molar-refractivity contribution in [3.05, 3.63) is 35.9 Å². The van der Waals surface area contributed by atoms with Crippen LogP contribution in [0.4, 0.5) is 0 Å². The molecule has 1 atom stereocenters. The van der Waals surface area contributed by atoms with Gasteiger partial charge in [0.25, 0.3) is 0 Å². The molecule has 0 radical (unpaired) electrons. The molecule has 1 rings (SSSR count). The second-order valence-electron chi connectivity index (χ2n) is 6.83. The Morgan fingerprint density at radius 2 is 1.70 bits per heavy atom. The van der Waals surface area contributed by atoms with Crippen LogP contribution in [0.1, 0.15) is 50.4 Å². The van der Waals surface area contributed by atoms with Crippen LogP contribution < -0.4 is 0 Å². The van der Waals surface area contributed by atoms with Crippen LogP contribution in [0.15, 0.2) is 30.3 Å². The van der Waals surface area contributed by atoms with Gasteiger partial charge in [-0.25, -0.2) is 0 Å². The number of nitrogens with zero attached hydrogens (tertiary/aromatic N) is 1. The van der Waals surface area contributed by atoms with Gasteiger partial charge in [-0.3, -0.25) is 14.4 Å². The van der Waals surface area contributed by atoms with Gasteiger partial charge in [0.05, 0.1) is 19.1 Å². The molecule has 0 saturated heterocycles. The summed E-state index contributed by atoms with van der Waals surface area (Å²) in [6, 6.07) is 8.93. The molecule has 6 heteroatoms. The Bertz CT molecular complexity index is 600. The van der Waals surface area contributed by atoms with Gasteiger partial charge in [0.2, 0.25) is 5.91 Å². The highest BCUT2D eigenvalue weighted by molar-refractivity contribution is 5.97. The Hall–Kier alpha value is -2.21. The molecule has 0 bridgehead atoms. The molecule has 27 heavy (non-hydrogen) atoms. The van der Waals surface area contributed by atoms with Crippen molar-refractivity contribution in [2.45, 2.75) is 46.1 Å². The molecule has 1 amide bonds. The monoisotopic (exact) mass is 377 g/mol.